The summed E-state index contributed by atoms with van der Waals surface area (Å²) in [6.45, 7) is 9.00. The highest BCUT2D eigenvalue weighted by atomic mass is 16.5. The van der Waals surface area contributed by atoms with Crippen LogP contribution in [0.15, 0.2) is 16.8 Å². The zero-order chi connectivity index (χ0) is 8.48. The lowest BCUT2D eigenvalue weighted by Gasteiger charge is -2.23. The van der Waals surface area contributed by atoms with Crippen molar-refractivity contribution < 1.29 is 4.74 Å². The molecule has 1 aliphatic rings. The summed E-state index contributed by atoms with van der Waals surface area (Å²) in [6, 6.07) is 0. The Bertz CT molecular complexity index is 208. The van der Waals surface area contributed by atoms with E-state index in [1.165, 1.54) is 5.57 Å². The van der Waals surface area contributed by atoms with E-state index in [1.807, 2.05) is 13.1 Å². The summed E-state index contributed by atoms with van der Waals surface area (Å²) in [5.41, 5.74) is 1.22. The zero-order valence-corrected chi connectivity index (χ0v) is 7.64. The fraction of sp³-hybridized carbons (Fsp3) is 0.667. The van der Waals surface area contributed by atoms with Crippen molar-refractivity contribution >= 4 is 5.90 Å². The van der Waals surface area contributed by atoms with Gasteiger partial charge in [0.05, 0.1) is 0 Å². The number of aliphatic imine (C=N–C) groups is 1. The molecule has 0 aliphatic carbocycles. The molecule has 0 amide bonds. The number of hydrogen-bond acceptors (Lipinski definition) is 2. The summed E-state index contributed by atoms with van der Waals surface area (Å²) in [5.74, 6) is 0.836. The maximum Gasteiger partial charge on any atom is 0.193 e. The molecule has 1 heterocycles. The van der Waals surface area contributed by atoms with Gasteiger partial charge in [-0.1, -0.05) is 20.8 Å². The van der Waals surface area contributed by atoms with Gasteiger partial charge in [0.1, 0.15) is 6.61 Å². The SMILES string of the molecule is CC1=CN=C(C(C)(C)C)OC1. The lowest BCUT2D eigenvalue weighted by molar-refractivity contribution is 0.283. The van der Waals surface area contributed by atoms with Crippen molar-refractivity contribution in [2.45, 2.75) is 27.7 Å². The van der Waals surface area contributed by atoms with Gasteiger partial charge < -0.3 is 4.74 Å². The minimum absolute atomic E-state index is 0.0389. The number of rotatable bonds is 0. The van der Waals surface area contributed by atoms with E-state index in [-0.39, 0.29) is 5.41 Å². The Morgan fingerprint density at radius 2 is 2.09 bits per heavy atom. The molecule has 0 atom stereocenters. The van der Waals surface area contributed by atoms with Gasteiger partial charge in [0.2, 0.25) is 0 Å². The third kappa shape index (κ3) is 2.07. The van der Waals surface area contributed by atoms with Crippen LogP contribution in [0.25, 0.3) is 0 Å². The van der Waals surface area contributed by atoms with Gasteiger partial charge in [-0.25, -0.2) is 4.99 Å². The smallest absolute Gasteiger partial charge is 0.193 e. The van der Waals surface area contributed by atoms with E-state index in [2.05, 4.69) is 25.8 Å². The van der Waals surface area contributed by atoms with Gasteiger partial charge in [-0.05, 0) is 12.5 Å². The Balaban J connectivity index is 2.77. The Morgan fingerprint density at radius 3 is 2.45 bits per heavy atom. The van der Waals surface area contributed by atoms with Gasteiger partial charge >= 0.3 is 0 Å². The first kappa shape index (κ1) is 8.31. The molecular weight excluding hydrogens is 138 g/mol. The molecule has 2 nitrogen and oxygen atoms in total. The predicted octanol–water partition coefficient (Wildman–Crippen LogP) is 2.37. The molecule has 62 valence electrons. The first-order chi connectivity index (χ1) is 5.00. The Kier molecular flexibility index (Phi) is 2.03. The number of nitrogens with zero attached hydrogens (tertiary/aromatic N) is 1. The average Bonchev–Trinajstić information content (AvgIpc) is 1.86. The highest BCUT2D eigenvalue weighted by Gasteiger charge is 2.21. The summed E-state index contributed by atoms with van der Waals surface area (Å²) in [4.78, 5) is 4.21. The summed E-state index contributed by atoms with van der Waals surface area (Å²) in [7, 11) is 0. The maximum atomic E-state index is 5.44. The Morgan fingerprint density at radius 1 is 1.45 bits per heavy atom. The second-order valence-electron chi connectivity index (χ2n) is 3.95. The number of ether oxygens (including phenoxy) is 1. The monoisotopic (exact) mass is 153 g/mol. The molecule has 1 rings (SSSR count). The summed E-state index contributed by atoms with van der Waals surface area (Å²) >= 11 is 0. The van der Waals surface area contributed by atoms with E-state index in [4.69, 9.17) is 4.74 Å². The highest BCUT2D eigenvalue weighted by Crippen LogP contribution is 2.20. The summed E-state index contributed by atoms with van der Waals surface area (Å²) in [5, 5.41) is 0. The van der Waals surface area contributed by atoms with E-state index >= 15 is 0 Å². The molecule has 2 heteroatoms. The largest absolute Gasteiger partial charge is 0.476 e. The zero-order valence-electron chi connectivity index (χ0n) is 7.64. The van der Waals surface area contributed by atoms with Crippen molar-refractivity contribution in [1.29, 1.82) is 0 Å². The fourth-order valence-corrected chi connectivity index (χ4v) is 0.836. The van der Waals surface area contributed by atoms with Crippen LogP contribution in [0, 0.1) is 5.41 Å². The third-order valence-electron chi connectivity index (χ3n) is 1.48. The van der Waals surface area contributed by atoms with Crippen LogP contribution in [0.1, 0.15) is 27.7 Å². The van der Waals surface area contributed by atoms with Crippen molar-refractivity contribution in [2.24, 2.45) is 10.4 Å². The molecule has 11 heavy (non-hydrogen) atoms. The van der Waals surface area contributed by atoms with Crippen LogP contribution < -0.4 is 0 Å². The van der Waals surface area contributed by atoms with Crippen molar-refractivity contribution in [3.63, 3.8) is 0 Å². The molecule has 0 radical (unpaired) electrons. The van der Waals surface area contributed by atoms with Crippen LogP contribution in [-0.4, -0.2) is 12.5 Å². The van der Waals surface area contributed by atoms with Crippen LogP contribution >= 0.6 is 0 Å². The molecule has 0 unspecified atom stereocenters. The number of hydrogen-bond donors (Lipinski definition) is 0. The summed E-state index contributed by atoms with van der Waals surface area (Å²) < 4.78 is 5.44. The van der Waals surface area contributed by atoms with Crippen LogP contribution in [-0.2, 0) is 4.74 Å². The molecule has 0 aromatic heterocycles. The van der Waals surface area contributed by atoms with Gasteiger partial charge in [0.15, 0.2) is 5.90 Å². The third-order valence-corrected chi connectivity index (χ3v) is 1.48. The molecule has 0 aromatic carbocycles. The van der Waals surface area contributed by atoms with Gasteiger partial charge in [0.25, 0.3) is 0 Å². The van der Waals surface area contributed by atoms with E-state index < -0.39 is 0 Å². The Labute approximate surface area is 68.0 Å². The van der Waals surface area contributed by atoms with Crippen LogP contribution in [0.5, 0.6) is 0 Å². The van der Waals surface area contributed by atoms with Crippen molar-refractivity contribution in [2.75, 3.05) is 6.61 Å². The molecule has 0 spiro atoms. The quantitative estimate of drug-likeness (QED) is 0.523. The normalized spacial score (nSPS) is 18.5. The maximum absolute atomic E-state index is 5.44. The van der Waals surface area contributed by atoms with E-state index in [1.54, 1.807) is 0 Å². The van der Waals surface area contributed by atoms with Crippen molar-refractivity contribution in [3.8, 4) is 0 Å². The van der Waals surface area contributed by atoms with Crippen LogP contribution in [0.4, 0.5) is 0 Å². The average molecular weight is 153 g/mol. The van der Waals surface area contributed by atoms with E-state index in [9.17, 15) is 0 Å². The van der Waals surface area contributed by atoms with Crippen LogP contribution in [0.3, 0.4) is 0 Å². The van der Waals surface area contributed by atoms with Gasteiger partial charge in [-0.2, -0.15) is 0 Å². The first-order valence-electron chi connectivity index (χ1n) is 3.87. The van der Waals surface area contributed by atoms with Crippen molar-refractivity contribution in [3.05, 3.63) is 11.8 Å². The lowest BCUT2D eigenvalue weighted by Crippen LogP contribution is -2.25. The molecule has 0 saturated heterocycles. The molecule has 0 saturated carbocycles. The fourth-order valence-electron chi connectivity index (χ4n) is 0.836. The molecular formula is C9H15NO. The van der Waals surface area contributed by atoms with Crippen molar-refractivity contribution in [1.82, 2.24) is 0 Å². The highest BCUT2D eigenvalue weighted by molar-refractivity contribution is 5.82. The topological polar surface area (TPSA) is 21.6 Å². The first-order valence-corrected chi connectivity index (χ1v) is 3.87. The van der Waals surface area contributed by atoms with Gasteiger partial charge in [-0.3, -0.25) is 0 Å². The minimum Gasteiger partial charge on any atom is -0.476 e. The summed E-state index contributed by atoms with van der Waals surface area (Å²) in [6.07, 6.45) is 1.88. The second kappa shape index (κ2) is 2.68. The minimum atomic E-state index is 0.0389. The van der Waals surface area contributed by atoms with Gasteiger partial charge in [-0.15, -0.1) is 0 Å². The standard InChI is InChI=1S/C9H15NO/c1-7-5-10-8(11-6-7)9(2,3)4/h5H,6H2,1-4H3. The Hall–Kier alpha value is -0.790. The molecule has 0 bridgehead atoms. The molecule has 0 N–H and O–H groups in total. The second-order valence-corrected chi connectivity index (χ2v) is 3.95. The lowest BCUT2D eigenvalue weighted by atomic mass is 9.96. The van der Waals surface area contributed by atoms with Gasteiger partial charge in [0, 0.05) is 11.6 Å². The van der Waals surface area contributed by atoms with E-state index in [0.29, 0.717) is 6.61 Å². The molecule has 0 fully saturated rings. The van der Waals surface area contributed by atoms with E-state index in [0.717, 1.165) is 5.90 Å². The molecule has 0 aromatic rings. The molecule has 1 aliphatic heterocycles. The predicted molar refractivity (Wildman–Crippen MR) is 46.6 cm³/mol. The van der Waals surface area contributed by atoms with Crippen LogP contribution in [0.2, 0.25) is 0 Å².